The molecule has 27 heavy (non-hydrogen) atoms. The van der Waals surface area contributed by atoms with E-state index in [9.17, 15) is 9.59 Å². The highest BCUT2D eigenvalue weighted by Crippen LogP contribution is 2.27. The molecule has 144 valence electrons. The van der Waals surface area contributed by atoms with Crippen LogP contribution in [0.2, 0.25) is 0 Å². The Kier molecular flexibility index (Phi) is 6.38. The van der Waals surface area contributed by atoms with E-state index in [-0.39, 0.29) is 12.2 Å². The van der Waals surface area contributed by atoms with E-state index >= 15 is 0 Å². The number of nitrogens with zero attached hydrogens (tertiary/aromatic N) is 2. The van der Waals surface area contributed by atoms with E-state index in [1.54, 1.807) is 25.4 Å². The predicted octanol–water partition coefficient (Wildman–Crippen LogP) is 2.79. The first-order valence-electron chi connectivity index (χ1n) is 8.39. The van der Waals surface area contributed by atoms with Gasteiger partial charge in [0, 0.05) is 18.5 Å². The Hall–Kier alpha value is -2.07. The molecular weight excluding hydrogens is 386 g/mol. The molecular formula is C18H21N3O4S2. The zero-order chi connectivity index (χ0) is 19.4. The smallest absolute Gasteiger partial charge is 0.348 e. The Labute approximate surface area is 164 Å². The highest BCUT2D eigenvalue weighted by atomic mass is 32.1. The summed E-state index contributed by atoms with van der Waals surface area (Å²) in [6.07, 6.45) is 0. The molecule has 0 unspecified atom stereocenters. The summed E-state index contributed by atoms with van der Waals surface area (Å²) in [7, 11) is 3.52. The SMILES string of the molecule is COCCOC(=O)c1sc2nc(CN(C)Cc3cccs3)[nH]c(=O)c2c1C. The number of ether oxygens (including phenoxy) is 2. The van der Waals surface area contributed by atoms with Crippen LogP contribution in [-0.4, -0.2) is 48.2 Å². The summed E-state index contributed by atoms with van der Waals surface area (Å²) in [6.45, 7) is 3.53. The van der Waals surface area contributed by atoms with E-state index in [4.69, 9.17) is 9.47 Å². The van der Waals surface area contributed by atoms with Crippen molar-refractivity contribution in [2.75, 3.05) is 27.4 Å². The van der Waals surface area contributed by atoms with Crippen molar-refractivity contribution in [2.45, 2.75) is 20.0 Å². The Morgan fingerprint density at radius 1 is 1.33 bits per heavy atom. The van der Waals surface area contributed by atoms with E-state index in [1.165, 1.54) is 16.2 Å². The summed E-state index contributed by atoms with van der Waals surface area (Å²) in [5.74, 6) is 0.121. The van der Waals surface area contributed by atoms with E-state index in [0.717, 1.165) is 6.54 Å². The number of carbonyl (C=O) groups excluding carboxylic acids is 1. The summed E-state index contributed by atoms with van der Waals surface area (Å²) in [4.78, 5) is 36.5. The summed E-state index contributed by atoms with van der Waals surface area (Å²) in [5, 5.41) is 2.49. The fraction of sp³-hybridized carbons (Fsp3) is 0.389. The van der Waals surface area contributed by atoms with Crippen LogP contribution in [0.3, 0.4) is 0 Å². The largest absolute Gasteiger partial charge is 0.459 e. The molecule has 0 atom stereocenters. The van der Waals surface area contributed by atoms with Crippen LogP contribution in [0, 0.1) is 6.92 Å². The minimum Gasteiger partial charge on any atom is -0.459 e. The van der Waals surface area contributed by atoms with E-state index in [2.05, 4.69) is 20.9 Å². The number of aryl methyl sites for hydroxylation is 1. The first-order chi connectivity index (χ1) is 13.0. The molecule has 0 aliphatic heterocycles. The number of aromatic nitrogens is 2. The molecule has 0 saturated heterocycles. The van der Waals surface area contributed by atoms with Gasteiger partial charge in [-0.25, -0.2) is 9.78 Å². The van der Waals surface area contributed by atoms with Crippen LogP contribution < -0.4 is 5.56 Å². The maximum atomic E-state index is 12.5. The summed E-state index contributed by atoms with van der Waals surface area (Å²) < 4.78 is 10.1. The van der Waals surface area contributed by atoms with Crippen molar-refractivity contribution in [3.63, 3.8) is 0 Å². The molecule has 0 saturated carbocycles. The minimum atomic E-state index is -0.455. The van der Waals surface area contributed by atoms with Crippen LogP contribution in [-0.2, 0) is 22.6 Å². The summed E-state index contributed by atoms with van der Waals surface area (Å²) >= 11 is 2.88. The molecule has 3 rings (SSSR count). The lowest BCUT2D eigenvalue weighted by Crippen LogP contribution is -2.21. The van der Waals surface area contributed by atoms with E-state index in [1.807, 2.05) is 18.5 Å². The van der Waals surface area contributed by atoms with Crippen molar-refractivity contribution < 1.29 is 14.3 Å². The van der Waals surface area contributed by atoms with Gasteiger partial charge >= 0.3 is 5.97 Å². The summed E-state index contributed by atoms with van der Waals surface area (Å²) in [6, 6.07) is 4.09. The van der Waals surface area contributed by atoms with Gasteiger partial charge in [-0.2, -0.15) is 0 Å². The molecule has 9 heteroatoms. The lowest BCUT2D eigenvalue weighted by molar-refractivity contribution is 0.0393. The first kappa shape index (κ1) is 19.7. The fourth-order valence-electron chi connectivity index (χ4n) is 2.72. The molecule has 0 bridgehead atoms. The second-order valence-electron chi connectivity index (χ2n) is 6.13. The number of methoxy groups -OCH3 is 1. The van der Waals surface area contributed by atoms with Crippen LogP contribution in [0.1, 0.15) is 25.9 Å². The molecule has 3 heterocycles. The topological polar surface area (TPSA) is 84.5 Å². The van der Waals surface area contributed by atoms with Gasteiger partial charge in [-0.05, 0) is 31.0 Å². The molecule has 3 aromatic heterocycles. The second kappa shape index (κ2) is 8.75. The predicted molar refractivity (Wildman–Crippen MR) is 107 cm³/mol. The number of nitrogens with one attached hydrogen (secondary N) is 1. The van der Waals surface area contributed by atoms with Gasteiger partial charge in [0.05, 0.1) is 18.5 Å². The number of H-pyrrole nitrogens is 1. The number of hydrogen-bond donors (Lipinski definition) is 1. The fourth-order valence-corrected chi connectivity index (χ4v) is 4.60. The van der Waals surface area contributed by atoms with Crippen molar-refractivity contribution in [3.8, 4) is 0 Å². The molecule has 1 N–H and O–H groups in total. The lowest BCUT2D eigenvalue weighted by Gasteiger charge is -2.14. The van der Waals surface area contributed by atoms with Gasteiger partial charge in [0.2, 0.25) is 0 Å². The van der Waals surface area contributed by atoms with Crippen molar-refractivity contribution in [1.82, 2.24) is 14.9 Å². The highest BCUT2D eigenvalue weighted by molar-refractivity contribution is 7.20. The molecule has 0 amide bonds. The van der Waals surface area contributed by atoms with Crippen molar-refractivity contribution in [2.24, 2.45) is 0 Å². The van der Waals surface area contributed by atoms with Crippen LogP contribution in [0.25, 0.3) is 10.2 Å². The van der Waals surface area contributed by atoms with Crippen LogP contribution in [0.4, 0.5) is 0 Å². The maximum absolute atomic E-state index is 12.5. The molecule has 7 nitrogen and oxygen atoms in total. The lowest BCUT2D eigenvalue weighted by atomic mass is 10.2. The molecule has 0 spiro atoms. The van der Waals surface area contributed by atoms with Gasteiger partial charge in [-0.3, -0.25) is 9.69 Å². The number of rotatable bonds is 8. The van der Waals surface area contributed by atoms with Crippen LogP contribution in [0.15, 0.2) is 22.3 Å². The average molecular weight is 408 g/mol. The molecule has 0 fully saturated rings. The molecule has 0 radical (unpaired) electrons. The maximum Gasteiger partial charge on any atom is 0.348 e. The van der Waals surface area contributed by atoms with Crippen molar-refractivity contribution >= 4 is 38.9 Å². The Balaban J connectivity index is 1.81. The van der Waals surface area contributed by atoms with E-state index < -0.39 is 5.97 Å². The molecule has 3 aromatic rings. The Morgan fingerprint density at radius 3 is 2.85 bits per heavy atom. The standard InChI is InChI=1S/C18H21N3O4S2/c1-11-14-16(22)19-13(10-21(2)9-12-5-4-8-26-12)20-17(14)27-15(11)18(23)25-7-6-24-3/h4-5,8H,6-7,9-10H2,1-3H3,(H,19,20,22). The quantitative estimate of drug-likeness (QED) is 0.457. The third kappa shape index (κ3) is 4.62. The van der Waals surface area contributed by atoms with Gasteiger partial charge in [-0.15, -0.1) is 22.7 Å². The number of carbonyl (C=O) groups is 1. The number of fused-ring (bicyclic) bond motifs is 1. The highest BCUT2D eigenvalue weighted by Gasteiger charge is 2.20. The van der Waals surface area contributed by atoms with Crippen LogP contribution >= 0.6 is 22.7 Å². The zero-order valence-corrected chi connectivity index (χ0v) is 17.0. The molecule has 0 aliphatic rings. The summed E-state index contributed by atoms with van der Waals surface area (Å²) in [5.41, 5.74) is 0.369. The first-order valence-corrected chi connectivity index (χ1v) is 10.1. The molecule has 0 aromatic carbocycles. The van der Waals surface area contributed by atoms with Gasteiger partial charge in [0.25, 0.3) is 5.56 Å². The van der Waals surface area contributed by atoms with Gasteiger partial charge < -0.3 is 14.5 Å². The number of aromatic amines is 1. The van der Waals surface area contributed by atoms with Crippen molar-refractivity contribution in [1.29, 1.82) is 0 Å². The van der Waals surface area contributed by atoms with Crippen LogP contribution in [0.5, 0.6) is 0 Å². The normalized spacial score (nSPS) is 11.4. The average Bonchev–Trinajstić information content (AvgIpc) is 3.23. The number of thiophene rings is 2. The Bertz CT molecular complexity index is 979. The number of hydrogen-bond acceptors (Lipinski definition) is 8. The minimum absolute atomic E-state index is 0.172. The van der Waals surface area contributed by atoms with Gasteiger partial charge in [0.15, 0.2) is 0 Å². The van der Waals surface area contributed by atoms with Crippen molar-refractivity contribution in [3.05, 3.63) is 49.0 Å². The zero-order valence-electron chi connectivity index (χ0n) is 15.4. The number of esters is 1. The third-order valence-corrected chi connectivity index (χ3v) is 6.01. The van der Waals surface area contributed by atoms with Gasteiger partial charge in [-0.1, -0.05) is 6.07 Å². The third-order valence-electron chi connectivity index (χ3n) is 3.98. The monoisotopic (exact) mass is 407 g/mol. The van der Waals surface area contributed by atoms with Gasteiger partial charge in [0.1, 0.15) is 22.1 Å². The second-order valence-corrected chi connectivity index (χ2v) is 8.16. The van der Waals surface area contributed by atoms with E-state index in [0.29, 0.717) is 39.6 Å². The Morgan fingerprint density at radius 2 is 2.15 bits per heavy atom. The molecule has 0 aliphatic carbocycles.